The van der Waals surface area contributed by atoms with Gasteiger partial charge in [-0.05, 0) is 56.6 Å². The summed E-state index contributed by atoms with van der Waals surface area (Å²) in [4.78, 5) is 8.55. The molecular formula is C17H30N4S. The maximum absolute atomic E-state index is 4.64. The fourth-order valence-corrected chi connectivity index (χ4v) is 3.53. The Balaban J connectivity index is 1.66. The standard InChI is InChI=1S/C17H30N4S/c1-3-18-17(20-13-16-8-5-12-22-16)19-9-6-11-21-10-4-7-15(2)14-21/h5,8,12,15H,3-4,6-7,9-11,13-14H2,1-2H3,(H2,18,19,20). The average Bonchev–Trinajstić information content (AvgIpc) is 3.02. The van der Waals surface area contributed by atoms with Gasteiger partial charge in [-0.1, -0.05) is 13.0 Å². The summed E-state index contributed by atoms with van der Waals surface area (Å²) in [6, 6.07) is 4.21. The van der Waals surface area contributed by atoms with Crippen LogP contribution in [0.5, 0.6) is 0 Å². The van der Waals surface area contributed by atoms with Gasteiger partial charge in [0.1, 0.15) is 0 Å². The van der Waals surface area contributed by atoms with E-state index < -0.39 is 0 Å². The van der Waals surface area contributed by atoms with Crippen molar-refractivity contribution in [1.29, 1.82) is 0 Å². The van der Waals surface area contributed by atoms with Crippen molar-refractivity contribution in [1.82, 2.24) is 15.5 Å². The van der Waals surface area contributed by atoms with Crippen LogP contribution in [0.3, 0.4) is 0 Å². The van der Waals surface area contributed by atoms with Gasteiger partial charge in [-0.15, -0.1) is 11.3 Å². The largest absolute Gasteiger partial charge is 0.357 e. The van der Waals surface area contributed by atoms with E-state index >= 15 is 0 Å². The second-order valence-electron chi connectivity index (χ2n) is 6.10. The van der Waals surface area contributed by atoms with Crippen molar-refractivity contribution in [3.8, 4) is 0 Å². The molecule has 5 heteroatoms. The van der Waals surface area contributed by atoms with Gasteiger partial charge in [0.25, 0.3) is 0 Å². The highest BCUT2D eigenvalue weighted by Crippen LogP contribution is 2.15. The first-order valence-corrected chi connectivity index (χ1v) is 9.42. The van der Waals surface area contributed by atoms with Gasteiger partial charge in [-0.2, -0.15) is 0 Å². The van der Waals surface area contributed by atoms with Gasteiger partial charge in [0.2, 0.25) is 0 Å². The van der Waals surface area contributed by atoms with Crippen LogP contribution in [0.2, 0.25) is 0 Å². The molecule has 0 aliphatic carbocycles. The number of nitrogens with zero attached hydrogens (tertiary/aromatic N) is 2. The summed E-state index contributed by atoms with van der Waals surface area (Å²) in [5.74, 6) is 1.80. The molecule has 0 spiro atoms. The van der Waals surface area contributed by atoms with Gasteiger partial charge in [0, 0.05) is 24.5 Å². The molecule has 124 valence electrons. The lowest BCUT2D eigenvalue weighted by Gasteiger charge is -2.30. The van der Waals surface area contributed by atoms with Gasteiger partial charge in [-0.3, -0.25) is 0 Å². The number of hydrogen-bond donors (Lipinski definition) is 2. The van der Waals surface area contributed by atoms with Crippen LogP contribution in [0.4, 0.5) is 0 Å². The summed E-state index contributed by atoms with van der Waals surface area (Å²) in [7, 11) is 0. The summed E-state index contributed by atoms with van der Waals surface area (Å²) in [5.41, 5.74) is 0. The predicted molar refractivity (Wildman–Crippen MR) is 96.6 cm³/mol. The minimum Gasteiger partial charge on any atom is -0.357 e. The number of aliphatic imine (C=N–C) groups is 1. The van der Waals surface area contributed by atoms with Crippen molar-refractivity contribution in [2.24, 2.45) is 10.9 Å². The zero-order valence-corrected chi connectivity index (χ0v) is 14.8. The minimum absolute atomic E-state index is 0.761. The Bertz CT molecular complexity index is 430. The molecule has 2 rings (SSSR count). The Hall–Kier alpha value is -1.07. The first kappa shape index (κ1) is 17.3. The zero-order valence-electron chi connectivity index (χ0n) is 14.0. The molecule has 1 aliphatic rings. The van der Waals surface area contributed by atoms with Gasteiger partial charge in [0.15, 0.2) is 5.96 Å². The van der Waals surface area contributed by atoms with Crippen LogP contribution in [0.15, 0.2) is 22.5 Å². The van der Waals surface area contributed by atoms with Crippen molar-refractivity contribution in [2.45, 2.75) is 39.7 Å². The second-order valence-corrected chi connectivity index (χ2v) is 7.14. The highest BCUT2D eigenvalue weighted by molar-refractivity contribution is 7.09. The van der Waals surface area contributed by atoms with Crippen molar-refractivity contribution >= 4 is 17.3 Å². The smallest absolute Gasteiger partial charge is 0.191 e. The van der Waals surface area contributed by atoms with Crippen LogP contribution in [-0.2, 0) is 6.54 Å². The molecular weight excluding hydrogens is 292 g/mol. The lowest BCUT2D eigenvalue weighted by molar-refractivity contribution is 0.182. The molecule has 2 N–H and O–H groups in total. The quantitative estimate of drug-likeness (QED) is 0.461. The number of hydrogen-bond acceptors (Lipinski definition) is 3. The van der Waals surface area contributed by atoms with E-state index in [2.05, 4.69) is 51.9 Å². The zero-order chi connectivity index (χ0) is 15.6. The van der Waals surface area contributed by atoms with E-state index in [4.69, 9.17) is 0 Å². The molecule has 0 aromatic carbocycles. The molecule has 1 aliphatic heterocycles. The van der Waals surface area contributed by atoms with E-state index in [1.54, 1.807) is 11.3 Å². The first-order valence-electron chi connectivity index (χ1n) is 8.55. The Morgan fingerprint density at radius 3 is 3.09 bits per heavy atom. The van der Waals surface area contributed by atoms with E-state index in [-0.39, 0.29) is 0 Å². The normalized spacial score (nSPS) is 20.1. The summed E-state index contributed by atoms with van der Waals surface area (Å²) >= 11 is 1.76. The lowest BCUT2D eigenvalue weighted by atomic mass is 10.0. The second kappa shape index (κ2) is 9.85. The first-order chi connectivity index (χ1) is 10.8. The molecule has 0 saturated carbocycles. The Morgan fingerprint density at radius 2 is 2.36 bits per heavy atom. The fraction of sp³-hybridized carbons (Fsp3) is 0.706. The molecule has 4 nitrogen and oxygen atoms in total. The third-order valence-corrected chi connectivity index (χ3v) is 4.86. The SMILES string of the molecule is CCNC(=NCc1cccs1)NCCCN1CCCC(C)C1. The Morgan fingerprint density at radius 1 is 1.45 bits per heavy atom. The van der Waals surface area contributed by atoms with Crippen molar-refractivity contribution in [3.63, 3.8) is 0 Å². The highest BCUT2D eigenvalue weighted by atomic mass is 32.1. The molecule has 1 unspecified atom stereocenters. The molecule has 0 radical (unpaired) electrons. The van der Waals surface area contributed by atoms with E-state index in [9.17, 15) is 0 Å². The summed E-state index contributed by atoms with van der Waals surface area (Å²) in [6.07, 6.45) is 3.93. The molecule has 0 amide bonds. The fourth-order valence-electron chi connectivity index (χ4n) is 2.90. The Labute approximate surface area is 139 Å². The van der Waals surface area contributed by atoms with Crippen LogP contribution in [-0.4, -0.2) is 43.6 Å². The molecule has 0 bridgehead atoms. The molecule has 2 heterocycles. The van der Waals surface area contributed by atoms with Crippen molar-refractivity contribution in [2.75, 3.05) is 32.7 Å². The van der Waals surface area contributed by atoms with Gasteiger partial charge >= 0.3 is 0 Å². The molecule has 1 aromatic heterocycles. The Kier molecular flexibility index (Phi) is 7.74. The van der Waals surface area contributed by atoms with Gasteiger partial charge < -0.3 is 15.5 Å². The third-order valence-electron chi connectivity index (χ3n) is 4.00. The monoisotopic (exact) mass is 322 g/mol. The number of guanidine groups is 1. The minimum atomic E-state index is 0.761. The molecule has 1 saturated heterocycles. The maximum atomic E-state index is 4.64. The van der Waals surface area contributed by atoms with Crippen LogP contribution in [0, 0.1) is 5.92 Å². The average molecular weight is 323 g/mol. The maximum Gasteiger partial charge on any atom is 0.191 e. The van der Waals surface area contributed by atoms with Gasteiger partial charge in [-0.25, -0.2) is 4.99 Å². The van der Waals surface area contributed by atoms with E-state index in [0.29, 0.717) is 0 Å². The van der Waals surface area contributed by atoms with Crippen molar-refractivity contribution in [3.05, 3.63) is 22.4 Å². The lowest BCUT2D eigenvalue weighted by Crippen LogP contribution is -2.40. The van der Waals surface area contributed by atoms with E-state index in [1.165, 1.54) is 43.8 Å². The number of piperidine rings is 1. The van der Waals surface area contributed by atoms with Crippen LogP contribution in [0.25, 0.3) is 0 Å². The summed E-state index contributed by atoms with van der Waals surface area (Å²) in [6.45, 7) is 10.9. The molecule has 1 aromatic rings. The van der Waals surface area contributed by atoms with E-state index in [1.807, 2.05) is 0 Å². The number of rotatable bonds is 7. The third kappa shape index (κ3) is 6.36. The van der Waals surface area contributed by atoms with Crippen LogP contribution < -0.4 is 10.6 Å². The predicted octanol–water partition coefficient (Wildman–Crippen LogP) is 2.93. The summed E-state index contributed by atoms with van der Waals surface area (Å²) in [5, 5.41) is 8.87. The summed E-state index contributed by atoms with van der Waals surface area (Å²) < 4.78 is 0. The number of thiophene rings is 1. The molecule has 1 fully saturated rings. The number of nitrogens with one attached hydrogen (secondary N) is 2. The van der Waals surface area contributed by atoms with E-state index in [0.717, 1.165) is 31.5 Å². The van der Waals surface area contributed by atoms with Gasteiger partial charge in [0.05, 0.1) is 6.54 Å². The van der Waals surface area contributed by atoms with Crippen LogP contribution >= 0.6 is 11.3 Å². The highest BCUT2D eigenvalue weighted by Gasteiger charge is 2.15. The van der Waals surface area contributed by atoms with Crippen molar-refractivity contribution < 1.29 is 0 Å². The molecule has 1 atom stereocenters. The number of likely N-dealkylation sites (tertiary alicyclic amines) is 1. The topological polar surface area (TPSA) is 39.7 Å². The van der Waals surface area contributed by atoms with Crippen LogP contribution in [0.1, 0.15) is 38.0 Å². The molecule has 22 heavy (non-hydrogen) atoms.